The molecule has 0 rings (SSSR count). The number of carbonyl (C=O) groups is 1. The van der Waals surface area contributed by atoms with E-state index in [1.807, 2.05) is 6.08 Å². The molecule has 0 aromatic rings. The Kier molecular flexibility index (Phi) is 16.7. The van der Waals surface area contributed by atoms with Gasteiger partial charge in [0.25, 0.3) is 0 Å². The fourth-order valence-electron chi connectivity index (χ4n) is 2.58. The van der Waals surface area contributed by atoms with E-state index in [0.717, 1.165) is 64.5 Å². The number of amides is 1. The molecule has 27 heavy (non-hydrogen) atoms. The zero-order valence-electron chi connectivity index (χ0n) is 16.9. The Hall–Kier alpha value is -1.64. The molecule has 1 amide bonds. The molecular formula is C19H40N6O2. The Bertz CT molecular complexity index is 422. The topological polar surface area (TPSA) is 143 Å². The van der Waals surface area contributed by atoms with Crippen LogP contribution >= 0.6 is 0 Å². The summed E-state index contributed by atoms with van der Waals surface area (Å²) in [7, 11) is 0. The first-order chi connectivity index (χ1) is 13.0. The van der Waals surface area contributed by atoms with Gasteiger partial charge in [0, 0.05) is 13.1 Å². The Labute approximate surface area is 164 Å². The Balaban J connectivity index is 3.87. The van der Waals surface area contributed by atoms with E-state index in [1.165, 1.54) is 4.90 Å². The molecule has 0 aromatic carbocycles. The van der Waals surface area contributed by atoms with Gasteiger partial charge in [0.15, 0.2) is 5.96 Å². The molecular weight excluding hydrogens is 344 g/mol. The van der Waals surface area contributed by atoms with Gasteiger partial charge in [0.05, 0.1) is 0 Å². The van der Waals surface area contributed by atoms with Gasteiger partial charge in [-0.25, -0.2) is 0 Å². The number of aliphatic hydroxyl groups is 1. The summed E-state index contributed by atoms with van der Waals surface area (Å²) in [6.45, 7) is 5.38. The number of nitrogens with two attached hydrogens (primary N) is 3. The fourth-order valence-corrected chi connectivity index (χ4v) is 2.58. The Morgan fingerprint density at radius 2 is 1.81 bits per heavy atom. The second kappa shape index (κ2) is 17.8. The smallest absolute Gasteiger partial charge is 0.248 e. The number of nitrogens with zero attached hydrogens (tertiary/aromatic N) is 2. The number of guanidine groups is 1. The largest absolute Gasteiger partial charge is 0.374 e. The third kappa shape index (κ3) is 16.3. The maximum atomic E-state index is 12.2. The van der Waals surface area contributed by atoms with Crippen LogP contribution in [-0.4, -0.2) is 60.8 Å². The van der Waals surface area contributed by atoms with Crippen molar-refractivity contribution in [3.63, 3.8) is 0 Å². The first-order valence-electron chi connectivity index (χ1n) is 10.1. The van der Waals surface area contributed by atoms with E-state index in [-0.39, 0.29) is 11.9 Å². The maximum absolute atomic E-state index is 12.2. The molecule has 8 nitrogen and oxygen atoms in total. The van der Waals surface area contributed by atoms with Gasteiger partial charge in [0.2, 0.25) is 5.91 Å². The predicted octanol–water partition coefficient (Wildman–Crippen LogP) is 0.652. The van der Waals surface area contributed by atoms with Crippen LogP contribution in [0.15, 0.2) is 17.1 Å². The standard InChI is InChI=1S/C19H40N6O2/c1-17(26)25(16-9-8-13-23-14-10-12-20)18(27)11-6-4-2-3-5-7-15-24-19(21)22/h6,11,17,23,26H,2-5,7-10,12-16,20H2,1H3,(H4,21,22,24). The Morgan fingerprint density at radius 3 is 2.48 bits per heavy atom. The van der Waals surface area contributed by atoms with Gasteiger partial charge in [-0.3, -0.25) is 9.79 Å². The molecule has 0 aliphatic carbocycles. The number of allylic oxidation sites excluding steroid dienone is 1. The molecule has 0 saturated carbocycles. The van der Waals surface area contributed by atoms with E-state index in [4.69, 9.17) is 17.2 Å². The van der Waals surface area contributed by atoms with Crippen molar-refractivity contribution in [2.24, 2.45) is 22.2 Å². The third-order valence-corrected chi connectivity index (χ3v) is 4.13. The average Bonchev–Trinajstić information content (AvgIpc) is 2.61. The van der Waals surface area contributed by atoms with Crippen molar-refractivity contribution in [3.05, 3.63) is 12.2 Å². The number of hydrogen-bond donors (Lipinski definition) is 5. The van der Waals surface area contributed by atoms with Crippen molar-refractivity contribution in [1.29, 1.82) is 0 Å². The molecule has 0 aliphatic rings. The number of aliphatic hydroxyl groups excluding tert-OH is 1. The summed E-state index contributed by atoms with van der Waals surface area (Å²) in [6.07, 6.45) is 10.5. The van der Waals surface area contributed by atoms with Crippen molar-refractivity contribution >= 4 is 11.9 Å². The molecule has 0 saturated heterocycles. The number of nitrogens with one attached hydrogen (secondary N) is 1. The first kappa shape index (κ1) is 25.4. The second-order valence-corrected chi connectivity index (χ2v) is 6.67. The SMILES string of the molecule is CC(O)N(CCCCNCCCN)C(=O)C=CCCCCCCN=C(N)N. The highest BCUT2D eigenvalue weighted by atomic mass is 16.3. The molecule has 0 radical (unpaired) electrons. The highest BCUT2D eigenvalue weighted by Gasteiger charge is 2.14. The summed E-state index contributed by atoms with van der Waals surface area (Å²) < 4.78 is 0. The molecule has 8 N–H and O–H groups in total. The molecule has 0 aromatic heterocycles. The van der Waals surface area contributed by atoms with Gasteiger partial charge in [-0.15, -0.1) is 0 Å². The van der Waals surface area contributed by atoms with Crippen LogP contribution in [0.2, 0.25) is 0 Å². The van der Waals surface area contributed by atoms with Gasteiger partial charge < -0.3 is 32.5 Å². The van der Waals surface area contributed by atoms with E-state index in [2.05, 4.69) is 10.3 Å². The molecule has 1 atom stereocenters. The number of rotatable bonds is 17. The first-order valence-corrected chi connectivity index (χ1v) is 10.1. The predicted molar refractivity (Wildman–Crippen MR) is 112 cm³/mol. The number of carbonyl (C=O) groups excluding carboxylic acids is 1. The van der Waals surface area contributed by atoms with Crippen LogP contribution in [0, 0.1) is 0 Å². The highest BCUT2D eigenvalue weighted by Crippen LogP contribution is 2.06. The summed E-state index contributed by atoms with van der Waals surface area (Å²) in [5, 5.41) is 13.1. The van der Waals surface area contributed by atoms with E-state index in [0.29, 0.717) is 19.6 Å². The van der Waals surface area contributed by atoms with Crippen LogP contribution in [0.4, 0.5) is 0 Å². The summed E-state index contributed by atoms with van der Waals surface area (Å²) >= 11 is 0. The number of aliphatic imine (C=N–C) groups is 1. The molecule has 0 heterocycles. The maximum Gasteiger partial charge on any atom is 0.248 e. The summed E-state index contributed by atoms with van der Waals surface area (Å²) in [5.41, 5.74) is 16.0. The normalized spacial score (nSPS) is 12.3. The van der Waals surface area contributed by atoms with Crippen molar-refractivity contribution in [2.45, 2.75) is 64.5 Å². The van der Waals surface area contributed by atoms with Crippen LogP contribution < -0.4 is 22.5 Å². The van der Waals surface area contributed by atoms with Crippen LogP contribution in [-0.2, 0) is 4.79 Å². The van der Waals surface area contributed by atoms with Crippen molar-refractivity contribution < 1.29 is 9.90 Å². The Morgan fingerprint density at radius 1 is 1.11 bits per heavy atom. The number of unbranched alkanes of at least 4 members (excludes halogenated alkanes) is 5. The highest BCUT2D eigenvalue weighted by molar-refractivity contribution is 5.87. The minimum Gasteiger partial charge on any atom is -0.374 e. The number of hydrogen-bond acceptors (Lipinski definition) is 5. The van der Waals surface area contributed by atoms with Crippen molar-refractivity contribution in [2.75, 3.05) is 32.7 Å². The lowest BCUT2D eigenvalue weighted by atomic mass is 10.1. The lowest BCUT2D eigenvalue weighted by Gasteiger charge is -2.24. The molecule has 8 heteroatoms. The van der Waals surface area contributed by atoms with E-state index >= 15 is 0 Å². The monoisotopic (exact) mass is 384 g/mol. The molecule has 0 fully saturated rings. The van der Waals surface area contributed by atoms with Gasteiger partial charge in [-0.1, -0.05) is 18.9 Å². The van der Waals surface area contributed by atoms with Crippen molar-refractivity contribution in [3.8, 4) is 0 Å². The minimum atomic E-state index is -0.775. The van der Waals surface area contributed by atoms with Crippen LogP contribution in [0.1, 0.15) is 58.3 Å². The van der Waals surface area contributed by atoms with Gasteiger partial charge in [-0.05, 0) is 71.2 Å². The van der Waals surface area contributed by atoms with Gasteiger partial charge in [-0.2, -0.15) is 0 Å². The lowest BCUT2D eigenvalue weighted by Crippen LogP contribution is -2.38. The summed E-state index contributed by atoms with van der Waals surface area (Å²) in [6, 6.07) is 0. The lowest BCUT2D eigenvalue weighted by molar-refractivity contribution is -0.134. The molecule has 0 bridgehead atoms. The third-order valence-electron chi connectivity index (χ3n) is 4.13. The summed E-state index contributed by atoms with van der Waals surface area (Å²) in [5.74, 6) is 0.0100. The average molecular weight is 385 g/mol. The fraction of sp³-hybridized carbons (Fsp3) is 0.789. The minimum absolute atomic E-state index is 0.131. The molecule has 0 aliphatic heterocycles. The summed E-state index contributed by atoms with van der Waals surface area (Å²) in [4.78, 5) is 17.7. The van der Waals surface area contributed by atoms with E-state index < -0.39 is 6.23 Å². The van der Waals surface area contributed by atoms with Crippen LogP contribution in [0.25, 0.3) is 0 Å². The zero-order valence-corrected chi connectivity index (χ0v) is 16.9. The van der Waals surface area contributed by atoms with Crippen molar-refractivity contribution in [1.82, 2.24) is 10.2 Å². The zero-order chi connectivity index (χ0) is 20.3. The van der Waals surface area contributed by atoms with Gasteiger partial charge >= 0.3 is 0 Å². The van der Waals surface area contributed by atoms with E-state index in [9.17, 15) is 9.90 Å². The van der Waals surface area contributed by atoms with E-state index in [1.54, 1.807) is 13.0 Å². The quantitative estimate of drug-likeness (QED) is 0.0819. The van der Waals surface area contributed by atoms with Crippen LogP contribution in [0.5, 0.6) is 0 Å². The molecule has 1 unspecified atom stereocenters. The molecule has 158 valence electrons. The van der Waals surface area contributed by atoms with Gasteiger partial charge in [0.1, 0.15) is 6.23 Å². The second-order valence-electron chi connectivity index (χ2n) is 6.67. The van der Waals surface area contributed by atoms with Crippen LogP contribution in [0.3, 0.4) is 0 Å². The molecule has 0 spiro atoms.